The summed E-state index contributed by atoms with van der Waals surface area (Å²) in [6, 6.07) is 5.44. The second-order valence-electron chi connectivity index (χ2n) is 4.75. The van der Waals surface area contributed by atoms with Crippen LogP contribution in [0.15, 0.2) is 52.7 Å². The minimum Gasteiger partial charge on any atom is -0.298 e. The van der Waals surface area contributed by atoms with Gasteiger partial charge in [-0.25, -0.2) is 0 Å². The van der Waals surface area contributed by atoms with Gasteiger partial charge in [-0.05, 0) is 51.3 Å². The lowest BCUT2D eigenvalue weighted by Crippen LogP contribution is -1.90. The van der Waals surface area contributed by atoms with Crippen LogP contribution in [0.3, 0.4) is 0 Å². The molecule has 1 aromatic carbocycles. The third kappa shape index (κ3) is 6.15. The maximum absolute atomic E-state index is 10.8. The summed E-state index contributed by atoms with van der Waals surface area (Å²) in [5.41, 5.74) is 3.90. The highest BCUT2D eigenvalue weighted by atomic mass is 16.1. The van der Waals surface area contributed by atoms with Crippen LogP contribution in [0.25, 0.3) is 0 Å². The first-order chi connectivity index (χ1) is 10.6. The van der Waals surface area contributed by atoms with Gasteiger partial charge in [-0.3, -0.25) is 4.79 Å². The number of benzene rings is 1. The molecule has 0 amide bonds. The number of rotatable bonds is 4. The average Bonchev–Trinajstić information content (AvgIpc) is 2.52. The van der Waals surface area contributed by atoms with Crippen molar-refractivity contribution in [1.29, 1.82) is 0 Å². The fourth-order valence-corrected chi connectivity index (χ4v) is 1.52. The molecule has 0 aliphatic rings. The fourth-order valence-electron chi connectivity index (χ4n) is 1.52. The smallest absolute Gasteiger partial charge is 0.150 e. The van der Waals surface area contributed by atoms with E-state index in [1.54, 1.807) is 19.1 Å². The molecule has 22 heavy (non-hydrogen) atoms. The van der Waals surface area contributed by atoms with E-state index in [2.05, 4.69) is 22.0 Å². The summed E-state index contributed by atoms with van der Waals surface area (Å²) < 4.78 is 0. The molecular weight excluding hydrogens is 272 g/mol. The fraction of sp³-hybridized carbons (Fsp3) is 0.211. The molecule has 0 aliphatic carbocycles. The van der Waals surface area contributed by atoms with Crippen molar-refractivity contribution in [3.63, 3.8) is 0 Å². The van der Waals surface area contributed by atoms with Gasteiger partial charge in [0.1, 0.15) is 12.0 Å². The van der Waals surface area contributed by atoms with E-state index in [1.165, 1.54) is 0 Å². The Kier molecular flexibility index (Phi) is 7.28. The quantitative estimate of drug-likeness (QED) is 0.270. The van der Waals surface area contributed by atoms with Crippen molar-refractivity contribution in [3.05, 3.63) is 59.2 Å². The molecule has 0 radical (unpaired) electrons. The number of hydrogen-bond donors (Lipinski definition) is 0. The molecule has 3 nitrogen and oxygen atoms in total. The first kappa shape index (κ1) is 17.3. The topological polar surface area (TPSA) is 41.8 Å². The Morgan fingerprint density at radius 1 is 1.18 bits per heavy atom. The van der Waals surface area contributed by atoms with Crippen LogP contribution in [0, 0.1) is 18.8 Å². The van der Waals surface area contributed by atoms with Crippen LogP contribution in [0.4, 0.5) is 0 Å². The Morgan fingerprint density at radius 2 is 1.95 bits per heavy atom. The average molecular weight is 292 g/mol. The molecule has 0 atom stereocenters. The lowest BCUT2D eigenvalue weighted by Gasteiger charge is -1.98. The summed E-state index contributed by atoms with van der Waals surface area (Å²) in [5.74, 6) is 5.98. The minimum absolute atomic E-state index is 0.618. The molecule has 0 saturated heterocycles. The zero-order valence-electron chi connectivity index (χ0n) is 13.4. The highest BCUT2D eigenvalue weighted by Gasteiger charge is 1.96. The summed E-state index contributed by atoms with van der Waals surface area (Å²) in [4.78, 5) is 10.8. The van der Waals surface area contributed by atoms with E-state index >= 15 is 0 Å². The lowest BCUT2D eigenvalue weighted by molar-refractivity contribution is 0.112. The van der Waals surface area contributed by atoms with Crippen molar-refractivity contribution in [1.82, 2.24) is 0 Å². The summed E-state index contributed by atoms with van der Waals surface area (Å²) >= 11 is 0. The molecule has 0 fully saturated rings. The van der Waals surface area contributed by atoms with Crippen molar-refractivity contribution in [2.24, 2.45) is 10.2 Å². The number of aldehydes is 1. The van der Waals surface area contributed by atoms with Crippen molar-refractivity contribution in [3.8, 4) is 11.8 Å². The predicted molar refractivity (Wildman–Crippen MR) is 93.6 cm³/mol. The first-order valence-electron chi connectivity index (χ1n) is 7.03. The van der Waals surface area contributed by atoms with Gasteiger partial charge in [0, 0.05) is 11.1 Å². The van der Waals surface area contributed by atoms with Crippen LogP contribution < -0.4 is 0 Å². The van der Waals surface area contributed by atoms with E-state index in [1.807, 2.05) is 51.1 Å². The molecule has 0 heterocycles. The van der Waals surface area contributed by atoms with Gasteiger partial charge in [-0.15, -0.1) is 5.10 Å². The lowest BCUT2D eigenvalue weighted by atomic mass is 10.1. The van der Waals surface area contributed by atoms with Gasteiger partial charge < -0.3 is 0 Å². The molecule has 0 aliphatic heterocycles. The number of nitrogens with zero attached hydrogens (tertiary/aromatic N) is 2. The summed E-state index contributed by atoms with van der Waals surface area (Å²) in [5, 5.41) is 8.17. The van der Waals surface area contributed by atoms with Crippen molar-refractivity contribution < 1.29 is 4.79 Å². The van der Waals surface area contributed by atoms with Crippen molar-refractivity contribution >= 4 is 17.7 Å². The second-order valence-corrected chi connectivity index (χ2v) is 4.75. The first-order valence-corrected chi connectivity index (χ1v) is 7.03. The van der Waals surface area contributed by atoms with Crippen LogP contribution >= 0.6 is 0 Å². The molecule has 1 rings (SSSR count). The zero-order chi connectivity index (χ0) is 16.4. The van der Waals surface area contributed by atoms with Gasteiger partial charge in [0.2, 0.25) is 0 Å². The minimum atomic E-state index is 0.618. The van der Waals surface area contributed by atoms with E-state index < -0.39 is 0 Å². The monoisotopic (exact) mass is 292 g/mol. The second kappa shape index (κ2) is 9.25. The van der Waals surface area contributed by atoms with E-state index in [9.17, 15) is 4.79 Å². The Morgan fingerprint density at radius 3 is 2.64 bits per heavy atom. The Hall–Kier alpha value is -2.73. The third-order valence-corrected chi connectivity index (χ3v) is 2.77. The van der Waals surface area contributed by atoms with Crippen LogP contribution in [0.5, 0.6) is 0 Å². The van der Waals surface area contributed by atoms with Crippen LogP contribution in [0.1, 0.15) is 42.3 Å². The zero-order valence-corrected chi connectivity index (χ0v) is 13.4. The van der Waals surface area contributed by atoms with E-state index in [0.29, 0.717) is 11.3 Å². The standard InChI is InChI=1S/C19H20N2O/c1-5-6-7-8-16(3)20-21-17(4)10-12-19-13-18(14-22)11-9-15(19)2/h5-9,11,13-14H,1-4H3/b6-5-,8-7-,20-16+,21-17+. The van der Waals surface area contributed by atoms with Gasteiger partial charge in [-0.1, -0.05) is 36.3 Å². The Bertz CT molecular complexity index is 711. The van der Waals surface area contributed by atoms with Gasteiger partial charge in [-0.2, -0.15) is 5.10 Å². The number of carbonyl (C=O) groups excluding carboxylic acids is 1. The molecule has 0 N–H and O–H groups in total. The number of aryl methyl sites for hydroxylation is 1. The van der Waals surface area contributed by atoms with Gasteiger partial charge in [0.25, 0.3) is 0 Å². The maximum Gasteiger partial charge on any atom is 0.150 e. The van der Waals surface area contributed by atoms with Gasteiger partial charge in [0.05, 0.1) is 5.71 Å². The predicted octanol–water partition coefficient (Wildman–Crippen LogP) is 4.13. The molecule has 3 heteroatoms. The molecule has 1 aromatic rings. The van der Waals surface area contributed by atoms with E-state index in [-0.39, 0.29) is 0 Å². The number of carbonyl (C=O) groups is 1. The van der Waals surface area contributed by atoms with Crippen LogP contribution in [0.2, 0.25) is 0 Å². The molecular formula is C19H20N2O. The molecule has 112 valence electrons. The molecule has 0 aromatic heterocycles. The Labute approximate surface area is 132 Å². The summed E-state index contributed by atoms with van der Waals surface area (Å²) in [6.45, 7) is 7.59. The SMILES string of the molecule is C\C=C/C=C\C(C)=N\N=C(/C)C#Cc1cc(C=O)ccc1C. The third-order valence-electron chi connectivity index (χ3n) is 2.77. The van der Waals surface area contributed by atoms with Gasteiger partial charge in [0.15, 0.2) is 0 Å². The molecule has 0 unspecified atom stereocenters. The maximum atomic E-state index is 10.8. The normalized spacial score (nSPS) is 12.5. The highest BCUT2D eigenvalue weighted by Crippen LogP contribution is 2.08. The Balaban J connectivity index is 2.89. The van der Waals surface area contributed by atoms with Crippen molar-refractivity contribution in [2.45, 2.75) is 27.7 Å². The molecule has 0 spiro atoms. The van der Waals surface area contributed by atoms with Crippen molar-refractivity contribution in [2.75, 3.05) is 0 Å². The van der Waals surface area contributed by atoms with E-state index in [4.69, 9.17) is 0 Å². The van der Waals surface area contributed by atoms with Crippen LogP contribution in [-0.2, 0) is 0 Å². The van der Waals surface area contributed by atoms with E-state index in [0.717, 1.165) is 23.1 Å². The van der Waals surface area contributed by atoms with Gasteiger partial charge >= 0.3 is 0 Å². The van der Waals surface area contributed by atoms with Crippen LogP contribution in [-0.4, -0.2) is 17.7 Å². The summed E-state index contributed by atoms with van der Waals surface area (Å²) in [7, 11) is 0. The number of allylic oxidation sites excluding steroid dienone is 4. The largest absolute Gasteiger partial charge is 0.298 e. The number of hydrogen-bond acceptors (Lipinski definition) is 3. The molecule has 0 saturated carbocycles. The highest BCUT2D eigenvalue weighted by molar-refractivity contribution is 6.00. The summed E-state index contributed by atoms with van der Waals surface area (Å²) in [6.07, 6.45) is 8.47. The molecule has 0 bridgehead atoms.